The van der Waals surface area contributed by atoms with Crippen LogP contribution in [0.25, 0.3) is 0 Å². The van der Waals surface area contributed by atoms with Crippen LogP contribution in [0.4, 0.5) is 26.3 Å². The zero-order valence-electron chi connectivity index (χ0n) is 11.7. The van der Waals surface area contributed by atoms with Crippen molar-refractivity contribution in [2.75, 3.05) is 12.5 Å². The van der Waals surface area contributed by atoms with Crippen LogP contribution in [0, 0.1) is 0 Å². The summed E-state index contributed by atoms with van der Waals surface area (Å²) in [5.74, 6) is 0.713. The quantitative estimate of drug-likeness (QED) is 0.347. The Morgan fingerprint density at radius 1 is 1.04 bits per heavy atom. The van der Waals surface area contributed by atoms with Gasteiger partial charge in [0.2, 0.25) is 0 Å². The van der Waals surface area contributed by atoms with Gasteiger partial charge in [-0.2, -0.15) is 13.2 Å². The fourth-order valence-corrected chi connectivity index (χ4v) is 1.98. The molecule has 1 aromatic carbocycles. The molecule has 4 nitrogen and oxygen atoms in total. The van der Waals surface area contributed by atoms with Gasteiger partial charge in [-0.05, 0) is 23.0 Å². The Labute approximate surface area is 131 Å². The van der Waals surface area contributed by atoms with Crippen LogP contribution in [-0.2, 0) is 26.8 Å². The van der Waals surface area contributed by atoms with E-state index in [1.54, 1.807) is 12.1 Å². The van der Waals surface area contributed by atoms with Crippen LogP contribution < -0.4 is 4.74 Å². The fraction of sp³-hybridized carbons (Fsp3) is 0.455. The molecule has 0 heterocycles. The van der Waals surface area contributed by atoms with E-state index in [9.17, 15) is 26.3 Å². The average molecular weight is 386 g/mol. The van der Waals surface area contributed by atoms with E-state index >= 15 is 0 Å². The highest BCUT2D eigenvalue weighted by molar-refractivity contribution is 7.94. The van der Waals surface area contributed by atoms with Crippen molar-refractivity contribution in [3.05, 3.63) is 29.8 Å². The van der Waals surface area contributed by atoms with Crippen LogP contribution in [0.15, 0.2) is 24.3 Å². The first-order valence-electron chi connectivity index (χ1n) is 5.53. The molecule has 1 aromatic rings. The van der Waals surface area contributed by atoms with Crippen molar-refractivity contribution in [1.82, 2.24) is 0 Å². The number of alkyl halides is 6. The molecule has 0 N–H and O–H groups in total. The summed E-state index contributed by atoms with van der Waals surface area (Å²) < 4.78 is 98.2. The molecular weight excluding hydrogens is 374 g/mol. The van der Waals surface area contributed by atoms with Crippen LogP contribution in [0.1, 0.15) is 5.56 Å². The van der Waals surface area contributed by atoms with Gasteiger partial charge in [-0.3, -0.25) is 0 Å². The molecule has 23 heavy (non-hydrogen) atoms. The minimum absolute atomic E-state index is 0.168. The zero-order valence-corrected chi connectivity index (χ0v) is 13.4. The van der Waals surface area contributed by atoms with E-state index in [1.165, 1.54) is 12.1 Å². The van der Waals surface area contributed by atoms with Gasteiger partial charge in [-0.15, -0.1) is 13.2 Å². The molecule has 0 aliphatic heterocycles. The molecule has 0 bridgehead atoms. The maximum Gasteiger partial charge on any atom is 0.573 e. The van der Waals surface area contributed by atoms with E-state index in [1.807, 2.05) is 0 Å². The fourth-order valence-electron chi connectivity index (χ4n) is 1.12. The van der Waals surface area contributed by atoms with Gasteiger partial charge in [0.05, 0.1) is 12.5 Å². The molecule has 0 atom stereocenters. The number of halogens is 6. The van der Waals surface area contributed by atoms with Crippen molar-refractivity contribution in [2.45, 2.75) is 17.6 Å². The van der Waals surface area contributed by atoms with Gasteiger partial charge in [0, 0.05) is 5.56 Å². The van der Waals surface area contributed by atoms with Crippen LogP contribution in [0.3, 0.4) is 0 Å². The minimum Gasteiger partial charge on any atom is -0.741 e. The molecule has 0 aromatic heterocycles. The third-order valence-electron chi connectivity index (χ3n) is 1.90. The van der Waals surface area contributed by atoms with Crippen LogP contribution in [-0.4, -0.2) is 37.4 Å². The molecule has 0 fully saturated rings. The topological polar surface area (TPSA) is 66.4 Å². The first-order chi connectivity index (χ1) is 10.1. The minimum atomic E-state index is -6.09. The molecule has 1 rings (SSSR count). The molecule has 134 valence electrons. The first kappa shape index (κ1) is 21.9. The van der Waals surface area contributed by atoms with Gasteiger partial charge < -0.3 is 9.29 Å². The molecule has 0 spiro atoms. The Bertz CT molecular complexity index is 578. The summed E-state index contributed by atoms with van der Waals surface area (Å²) in [6, 6.07) is 6.01. The van der Waals surface area contributed by atoms with Crippen LogP contribution in [0.2, 0.25) is 0 Å². The first-order valence-corrected chi connectivity index (χ1v) is 9.14. The lowest BCUT2D eigenvalue weighted by Gasteiger charge is -2.08. The van der Waals surface area contributed by atoms with Gasteiger partial charge in [0.1, 0.15) is 11.5 Å². The van der Waals surface area contributed by atoms with E-state index in [4.69, 9.17) is 13.0 Å². The standard InChI is InChI=1S/C10H12F3OS.CHF3O3S/c1-15(2)7-8-3-5-9(6-4-8)14-10(11,12)13;2-1(3,4)8(5,6)7/h3-6H,7H2,1-2H3;(H,5,6,7)/q+1;/p-1. The summed E-state index contributed by atoms with van der Waals surface area (Å²) in [5.41, 5.74) is -4.62. The highest BCUT2D eigenvalue weighted by atomic mass is 32.2. The molecule has 0 amide bonds. The van der Waals surface area contributed by atoms with Crippen molar-refractivity contribution in [3.8, 4) is 5.75 Å². The molecule has 0 aliphatic carbocycles. The van der Waals surface area contributed by atoms with Crippen molar-refractivity contribution in [1.29, 1.82) is 0 Å². The van der Waals surface area contributed by atoms with Gasteiger partial charge in [0.15, 0.2) is 10.1 Å². The van der Waals surface area contributed by atoms with Gasteiger partial charge in [-0.25, -0.2) is 8.42 Å². The van der Waals surface area contributed by atoms with Gasteiger partial charge in [-0.1, -0.05) is 12.1 Å². The lowest BCUT2D eigenvalue weighted by atomic mass is 10.2. The highest BCUT2D eigenvalue weighted by Gasteiger charge is 2.36. The lowest BCUT2D eigenvalue weighted by Crippen LogP contribution is -2.21. The second-order valence-corrected chi connectivity index (χ2v) is 7.85. The van der Waals surface area contributed by atoms with Crippen molar-refractivity contribution in [3.63, 3.8) is 0 Å². The highest BCUT2D eigenvalue weighted by Crippen LogP contribution is 2.23. The van der Waals surface area contributed by atoms with E-state index in [0.29, 0.717) is 0 Å². The Morgan fingerprint density at radius 3 is 1.70 bits per heavy atom. The number of benzene rings is 1. The van der Waals surface area contributed by atoms with E-state index < -0.39 is 22.0 Å². The molecule has 0 saturated carbocycles. The number of hydrogen-bond donors (Lipinski definition) is 0. The molecule has 0 aliphatic rings. The van der Waals surface area contributed by atoms with E-state index in [-0.39, 0.29) is 16.6 Å². The predicted molar refractivity (Wildman–Crippen MR) is 71.8 cm³/mol. The summed E-state index contributed by atoms with van der Waals surface area (Å²) >= 11 is 0. The molecule has 0 saturated heterocycles. The molecule has 0 unspecified atom stereocenters. The van der Waals surface area contributed by atoms with Crippen LogP contribution >= 0.6 is 0 Å². The summed E-state index contributed by atoms with van der Waals surface area (Å²) in [4.78, 5) is 0. The van der Waals surface area contributed by atoms with Crippen molar-refractivity contribution < 1.29 is 44.0 Å². The van der Waals surface area contributed by atoms with Crippen molar-refractivity contribution >= 4 is 21.0 Å². The van der Waals surface area contributed by atoms with E-state index in [2.05, 4.69) is 17.2 Å². The second-order valence-electron chi connectivity index (χ2n) is 4.22. The van der Waals surface area contributed by atoms with Gasteiger partial charge in [0.25, 0.3) is 0 Å². The van der Waals surface area contributed by atoms with Crippen molar-refractivity contribution in [2.24, 2.45) is 0 Å². The van der Waals surface area contributed by atoms with Crippen LogP contribution in [0.5, 0.6) is 5.75 Å². The summed E-state index contributed by atoms with van der Waals surface area (Å²) in [7, 11) is -5.85. The SMILES string of the molecule is C[S+](C)Cc1ccc(OC(F)(F)F)cc1.O=S(=O)([O-])C(F)(F)F. The Kier molecular flexibility index (Phi) is 7.70. The predicted octanol–water partition coefficient (Wildman–Crippen LogP) is 3.01. The summed E-state index contributed by atoms with van der Waals surface area (Å²) in [6.45, 7) is 0. The zero-order chi connectivity index (χ0) is 18.5. The van der Waals surface area contributed by atoms with Gasteiger partial charge >= 0.3 is 11.9 Å². The Hall–Kier alpha value is -1.14. The lowest BCUT2D eigenvalue weighted by molar-refractivity contribution is -0.274. The largest absolute Gasteiger partial charge is 0.741 e. The third-order valence-corrected chi connectivity index (χ3v) is 3.37. The average Bonchev–Trinajstić information content (AvgIpc) is 2.27. The Balaban J connectivity index is 0.000000515. The molecule has 0 radical (unpaired) electrons. The molecule has 12 heteroatoms. The third kappa shape index (κ3) is 10.3. The number of ether oxygens (including phenoxy) is 1. The monoisotopic (exact) mass is 386 g/mol. The number of rotatable bonds is 3. The number of hydrogen-bond acceptors (Lipinski definition) is 4. The maximum atomic E-state index is 11.8. The normalized spacial score (nSPS) is 12.6. The Morgan fingerprint density at radius 2 is 1.43 bits per heavy atom. The smallest absolute Gasteiger partial charge is 0.573 e. The second kappa shape index (κ2) is 8.11. The van der Waals surface area contributed by atoms with E-state index in [0.717, 1.165) is 11.3 Å². The summed E-state index contributed by atoms with van der Waals surface area (Å²) in [6.07, 6.45) is -0.443. The molecular formula is C11H12F6O4S2. The summed E-state index contributed by atoms with van der Waals surface area (Å²) in [5, 5.41) is 0. The maximum absolute atomic E-state index is 11.8.